The number of H-pyrrole nitrogens is 1. The van der Waals surface area contributed by atoms with Crippen LogP contribution in [0.2, 0.25) is 0 Å². The van der Waals surface area contributed by atoms with E-state index >= 15 is 0 Å². The number of fused-ring (bicyclic) bond motifs is 1. The molecule has 3 heteroatoms. The van der Waals surface area contributed by atoms with Gasteiger partial charge in [0.25, 0.3) is 0 Å². The highest BCUT2D eigenvalue weighted by Gasteiger charge is 2.53. The van der Waals surface area contributed by atoms with Crippen LogP contribution in [0.4, 0.5) is 0 Å². The molecular formula is C24H32N2O. The molecule has 0 spiro atoms. The van der Waals surface area contributed by atoms with Crippen molar-refractivity contribution < 1.29 is 4.79 Å². The Morgan fingerprint density at radius 2 is 1.81 bits per heavy atom. The smallest absolute Gasteiger partial charge is 0.220 e. The quantitative estimate of drug-likeness (QED) is 0.726. The first-order valence-electron chi connectivity index (χ1n) is 11.0. The summed E-state index contributed by atoms with van der Waals surface area (Å²) >= 11 is 0. The molecule has 4 bridgehead atoms. The molecule has 0 aliphatic heterocycles. The fraction of sp³-hybridized carbons (Fsp3) is 0.625. The molecule has 0 saturated heterocycles. The summed E-state index contributed by atoms with van der Waals surface area (Å²) in [5.41, 5.74) is 2.92. The van der Waals surface area contributed by atoms with E-state index in [9.17, 15) is 4.79 Å². The number of para-hydroxylation sites is 1. The first-order chi connectivity index (χ1) is 13.1. The summed E-state index contributed by atoms with van der Waals surface area (Å²) in [7, 11) is 0. The maximum Gasteiger partial charge on any atom is 0.220 e. The van der Waals surface area contributed by atoms with E-state index in [0.29, 0.717) is 17.9 Å². The average Bonchev–Trinajstić information content (AvgIpc) is 3.04. The highest BCUT2D eigenvalue weighted by atomic mass is 16.1. The molecule has 1 aromatic heterocycles. The maximum atomic E-state index is 12.6. The van der Waals surface area contributed by atoms with Crippen molar-refractivity contribution >= 4 is 16.8 Å². The first kappa shape index (κ1) is 17.3. The van der Waals surface area contributed by atoms with Gasteiger partial charge in [-0.1, -0.05) is 18.2 Å². The third kappa shape index (κ3) is 3.19. The van der Waals surface area contributed by atoms with Crippen molar-refractivity contribution in [2.75, 3.05) is 0 Å². The zero-order valence-corrected chi connectivity index (χ0v) is 16.5. The predicted molar refractivity (Wildman–Crippen MR) is 109 cm³/mol. The second kappa shape index (κ2) is 6.68. The molecule has 4 aliphatic carbocycles. The summed E-state index contributed by atoms with van der Waals surface area (Å²) in [4.78, 5) is 16.0. The lowest BCUT2D eigenvalue weighted by atomic mass is 9.48. The Morgan fingerprint density at radius 1 is 1.15 bits per heavy atom. The SMILES string of the molecule is C[C@@H](NC(=O)CCCc1c[nH]c2ccccc12)C12CC3CC(CC(C3)C1)C2. The number of aromatic nitrogens is 1. The van der Waals surface area contributed by atoms with E-state index in [1.54, 1.807) is 0 Å². The lowest BCUT2D eigenvalue weighted by molar-refractivity contribution is -0.126. The Kier molecular flexibility index (Phi) is 4.29. The molecule has 0 radical (unpaired) electrons. The summed E-state index contributed by atoms with van der Waals surface area (Å²) in [6.07, 6.45) is 13.1. The minimum Gasteiger partial charge on any atom is -0.361 e. The van der Waals surface area contributed by atoms with E-state index in [-0.39, 0.29) is 5.91 Å². The number of hydrogen-bond acceptors (Lipinski definition) is 1. The Labute approximate surface area is 162 Å². The molecule has 27 heavy (non-hydrogen) atoms. The third-order valence-electron chi connectivity index (χ3n) is 7.91. The fourth-order valence-electron chi connectivity index (χ4n) is 6.95. The molecule has 1 atom stereocenters. The number of aromatic amines is 1. The summed E-state index contributed by atoms with van der Waals surface area (Å²) < 4.78 is 0. The first-order valence-corrected chi connectivity index (χ1v) is 11.0. The van der Waals surface area contributed by atoms with Gasteiger partial charge in [-0.15, -0.1) is 0 Å². The molecule has 4 aliphatic rings. The summed E-state index contributed by atoms with van der Waals surface area (Å²) in [5, 5.41) is 4.70. The molecule has 2 aromatic rings. The van der Waals surface area contributed by atoms with Crippen molar-refractivity contribution in [3.05, 3.63) is 36.0 Å². The molecule has 6 rings (SSSR count). The lowest BCUT2D eigenvalue weighted by Gasteiger charge is -2.59. The molecule has 144 valence electrons. The monoisotopic (exact) mass is 364 g/mol. The van der Waals surface area contributed by atoms with Crippen LogP contribution in [0.3, 0.4) is 0 Å². The number of aryl methyl sites for hydroxylation is 1. The maximum absolute atomic E-state index is 12.6. The largest absolute Gasteiger partial charge is 0.361 e. The van der Waals surface area contributed by atoms with Gasteiger partial charge >= 0.3 is 0 Å². The van der Waals surface area contributed by atoms with Crippen LogP contribution in [0.25, 0.3) is 10.9 Å². The van der Waals surface area contributed by atoms with E-state index in [1.807, 2.05) is 0 Å². The van der Waals surface area contributed by atoms with E-state index in [1.165, 1.54) is 55.0 Å². The number of carbonyl (C=O) groups excluding carboxylic acids is 1. The van der Waals surface area contributed by atoms with Crippen LogP contribution >= 0.6 is 0 Å². The molecule has 1 amide bonds. The second-order valence-electron chi connectivity index (χ2n) is 9.78. The van der Waals surface area contributed by atoms with Crippen molar-refractivity contribution in [2.24, 2.45) is 23.2 Å². The van der Waals surface area contributed by atoms with Crippen LogP contribution in [0.15, 0.2) is 30.5 Å². The van der Waals surface area contributed by atoms with Crippen molar-refractivity contribution in [1.82, 2.24) is 10.3 Å². The summed E-state index contributed by atoms with van der Waals surface area (Å²) in [5.74, 6) is 3.07. The number of rotatable bonds is 6. The van der Waals surface area contributed by atoms with Gasteiger partial charge in [0.2, 0.25) is 5.91 Å². The van der Waals surface area contributed by atoms with Gasteiger partial charge in [0.1, 0.15) is 0 Å². The second-order valence-corrected chi connectivity index (χ2v) is 9.78. The highest BCUT2D eigenvalue weighted by molar-refractivity contribution is 5.83. The van der Waals surface area contributed by atoms with Crippen LogP contribution < -0.4 is 5.32 Å². The summed E-state index contributed by atoms with van der Waals surface area (Å²) in [6.45, 7) is 2.28. The Bertz CT molecular complexity index is 800. The minimum absolute atomic E-state index is 0.248. The van der Waals surface area contributed by atoms with Gasteiger partial charge in [-0.3, -0.25) is 4.79 Å². The zero-order valence-electron chi connectivity index (χ0n) is 16.5. The molecule has 2 N–H and O–H groups in total. The molecule has 0 unspecified atom stereocenters. The van der Waals surface area contributed by atoms with Crippen molar-refractivity contribution in [3.8, 4) is 0 Å². The number of hydrogen-bond donors (Lipinski definition) is 2. The third-order valence-corrected chi connectivity index (χ3v) is 7.91. The van der Waals surface area contributed by atoms with Gasteiger partial charge in [0.05, 0.1) is 0 Å². The fourth-order valence-corrected chi connectivity index (χ4v) is 6.95. The molecule has 1 heterocycles. The number of benzene rings is 1. The minimum atomic E-state index is 0.248. The van der Waals surface area contributed by atoms with Crippen molar-refractivity contribution in [3.63, 3.8) is 0 Å². The van der Waals surface area contributed by atoms with Crippen molar-refractivity contribution in [1.29, 1.82) is 0 Å². The van der Waals surface area contributed by atoms with Crippen molar-refractivity contribution in [2.45, 2.75) is 70.8 Å². The van der Waals surface area contributed by atoms with E-state index in [0.717, 1.165) is 30.6 Å². The Hall–Kier alpha value is -1.77. The van der Waals surface area contributed by atoms with E-state index in [2.05, 4.69) is 47.7 Å². The normalized spacial score (nSPS) is 32.7. The van der Waals surface area contributed by atoms with Gasteiger partial charge in [0.15, 0.2) is 0 Å². The van der Waals surface area contributed by atoms with Crippen LogP contribution in [0, 0.1) is 23.2 Å². The van der Waals surface area contributed by atoms with Crippen LogP contribution in [0.1, 0.15) is 63.9 Å². The molecule has 4 fully saturated rings. The predicted octanol–water partition coefficient (Wildman–Crippen LogP) is 5.21. The van der Waals surface area contributed by atoms with Crippen LogP contribution in [-0.2, 0) is 11.2 Å². The Balaban J connectivity index is 1.15. The van der Waals surface area contributed by atoms with Crippen LogP contribution in [-0.4, -0.2) is 16.9 Å². The topological polar surface area (TPSA) is 44.9 Å². The molecular weight excluding hydrogens is 332 g/mol. The highest BCUT2D eigenvalue weighted by Crippen LogP contribution is 2.61. The number of amides is 1. The molecule has 4 saturated carbocycles. The van der Waals surface area contributed by atoms with Crippen LogP contribution in [0.5, 0.6) is 0 Å². The number of carbonyl (C=O) groups is 1. The van der Waals surface area contributed by atoms with E-state index < -0.39 is 0 Å². The van der Waals surface area contributed by atoms with Gasteiger partial charge in [-0.05, 0) is 93.1 Å². The van der Waals surface area contributed by atoms with Gasteiger partial charge in [-0.2, -0.15) is 0 Å². The van der Waals surface area contributed by atoms with E-state index in [4.69, 9.17) is 0 Å². The number of nitrogens with one attached hydrogen (secondary N) is 2. The zero-order chi connectivity index (χ0) is 18.4. The Morgan fingerprint density at radius 3 is 2.52 bits per heavy atom. The van der Waals surface area contributed by atoms with Gasteiger partial charge in [0, 0.05) is 29.6 Å². The standard InChI is InChI=1S/C24H32N2O/c1-16(24-12-17-9-18(13-24)11-19(10-17)14-24)26-23(27)8-4-5-20-15-25-22-7-3-2-6-21(20)22/h2-3,6-7,15-19,25H,4-5,8-14H2,1H3,(H,26,27)/t16-,17?,18?,19?,24?/m1/s1. The van der Waals surface area contributed by atoms with Gasteiger partial charge in [-0.25, -0.2) is 0 Å². The molecule has 1 aromatic carbocycles. The van der Waals surface area contributed by atoms with Gasteiger partial charge < -0.3 is 10.3 Å². The molecule has 3 nitrogen and oxygen atoms in total. The summed E-state index contributed by atoms with van der Waals surface area (Å²) in [6, 6.07) is 8.75. The average molecular weight is 365 g/mol. The lowest BCUT2D eigenvalue weighted by Crippen LogP contribution is -2.55.